The van der Waals surface area contributed by atoms with Gasteiger partial charge < -0.3 is 10.2 Å². The smallest absolute Gasteiger partial charge is 0.234 e. The first kappa shape index (κ1) is 10.5. The Morgan fingerprint density at radius 3 is 2.82 bits per heavy atom. The van der Waals surface area contributed by atoms with Crippen molar-refractivity contribution < 1.29 is 0 Å². The van der Waals surface area contributed by atoms with Crippen molar-refractivity contribution in [2.24, 2.45) is 5.41 Å². The van der Waals surface area contributed by atoms with Gasteiger partial charge in [0.15, 0.2) is 0 Å². The molecule has 3 heterocycles. The van der Waals surface area contributed by atoms with E-state index < -0.39 is 0 Å². The third-order valence-corrected chi connectivity index (χ3v) is 3.78. The quantitative estimate of drug-likeness (QED) is 0.761. The lowest BCUT2D eigenvalue weighted by Gasteiger charge is -2.53. The zero-order valence-electron chi connectivity index (χ0n) is 9.69. The molecule has 1 aromatic rings. The zero-order valence-corrected chi connectivity index (χ0v) is 9.69. The Bertz CT molecular complexity index is 450. The van der Waals surface area contributed by atoms with Gasteiger partial charge in [-0.05, 0) is 32.0 Å². The maximum absolute atomic E-state index is 8.77. The summed E-state index contributed by atoms with van der Waals surface area (Å²) in [5.41, 5.74) is 0.489. The van der Waals surface area contributed by atoms with Crippen molar-refractivity contribution in [2.45, 2.75) is 12.8 Å². The second-order valence-electron chi connectivity index (χ2n) is 4.96. The van der Waals surface area contributed by atoms with Crippen LogP contribution in [-0.2, 0) is 0 Å². The third kappa shape index (κ3) is 1.85. The molecule has 2 saturated heterocycles. The average molecular weight is 229 g/mol. The maximum atomic E-state index is 8.77. The van der Waals surface area contributed by atoms with Crippen LogP contribution in [0.25, 0.3) is 0 Å². The van der Waals surface area contributed by atoms with Gasteiger partial charge in [0.1, 0.15) is 11.9 Å². The normalized spacial score (nSPS) is 21.9. The van der Waals surface area contributed by atoms with Crippen molar-refractivity contribution in [3.8, 4) is 6.07 Å². The highest BCUT2D eigenvalue weighted by Gasteiger charge is 2.43. The van der Waals surface area contributed by atoms with Gasteiger partial charge in [-0.3, -0.25) is 0 Å². The van der Waals surface area contributed by atoms with E-state index in [0.29, 0.717) is 5.41 Å². The van der Waals surface area contributed by atoms with Gasteiger partial charge in [0.2, 0.25) is 5.82 Å². The summed E-state index contributed by atoms with van der Waals surface area (Å²) in [6.45, 7) is 4.38. The number of aromatic nitrogens is 2. The van der Waals surface area contributed by atoms with Crippen LogP contribution in [0.1, 0.15) is 18.7 Å². The summed E-state index contributed by atoms with van der Waals surface area (Å²) in [7, 11) is 0. The van der Waals surface area contributed by atoms with Crippen molar-refractivity contribution in [1.82, 2.24) is 15.3 Å². The predicted octanol–water partition coefficient (Wildman–Crippen LogP) is 0.538. The van der Waals surface area contributed by atoms with Crippen LogP contribution in [0, 0.1) is 16.7 Å². The highest BCUT2D eigenvalue weighted by molar-refractivity contribution is 5.43. The third-order valence-electron chi connectivity index (χ3n) is 3.78. The van der Waals surface area contributed by atoms with Crippen molar-refractivity contribution >= 4 is 5.82 Å². The van der Waals surface area contributed by atoms with E-state index in [-0.39, 0.29) is 5.82 Å². The minimum absolute atomic E-state index is 0.258. The summed E-state index contributed by atoms with van der Waals surface area (Å²) < 4.78 is 0. The number of rotatable bonds is 1. The number of hydrogen-bond donors (Lipinski definition) is 1. The van der Waals surface area contributed by atoms with Gasteiger partial charge >= 0.3 is 0 Å². The Balaban J connectivity index is 1.70. The van der Waals surface area contributed by atoms with Crippen molar-refractivity contribution in [3.05, 3.63) is 18.1 Å². The zero-order chi connectivity index (χ0) is 11.7. The average Bonchev–Trinajstić information content (AvgIpc) is 2.37. The van der Waals surface area contributed by atoms with Crippen LogP contribution in [0.2, 0.25) is 0 Å². The van der Waals surface area contributed by atoms with Gasteiger partial charge in [-0.1, -0.05) is 0 Å². The van der Waals surface area contributed by atoms with E-state index in [2.05, 4.69) is 20.2 Å². The van der Waals surface area contributed by atoms with Crippen molar-refractivity contribution in [2.75, 3.05) is 31.1 Å². The molecule has 0 radical (unpaired) electrons. The van der Waals surface area contributed by atoms with Gasteiger partial charge in [-0.15, -0.1) is 0 Å². The monoisotopic (exact) mass is 229 g/mol. The van der Waals surface area contributed by atoms with E-state index >= 15 is 0 Å². The first-order valence-electron chi connectivity index (χ1n) is 6.00. The molecule has 1 aromatic heterocycles. The molecule has 88 valence electrons. The van der Waals surface area contributed by atoms with Crippen LogP contribution in [0.15, 0.2) is 12.3 Å². The van der Waals surface area contributed by atoms with Crippen molar-refractivity contribution in [3.63, 3.8) is 0 Å². The molecule has 2 aliphatic rings. The van der Waals surface area contributed by atoms with Crippen LogP contribution in [0.5, 0.6) is 0 Å². The summed E-state index contributed by atoms with van der Waals surface area (Å²) in [6, 6.07) is 3.87. The minimum atomic E-state index is 0.258. The molecule has 3 rings (SSSR count). The van der Waals surface area contributed by atoms with E-state index in [1.54, 1.807) is 6.20 Å². The first-order chi connectivity index (χ1) is 8.31. The number of nitrogens with one attached hydrogen (secondary N) is 1. The summed E-state index contributed by atoms with van der Waals surface area (Å²) >= 11 is 0. The predicted molar refractivity (Wildman–Crippen MR) is 63.5 cm³/mol. The first-order valence-corrected chi connectivity index (χ1v) is 6.00. The highest BCUT2D eigenvalue weighted by atomic mass is 15.3. The van der Waals surface area contributed by atoms with Crippen LogP contribution in [0.4, 0.5) is 5.82 Å². The molecule has 1 spiro atoms. The topological polar surface area (TPSA) is 64.8 Å². The van der Waals surface area contributed by atoms with E-state index in [4.69, 9.17) is 5.26 Å². The number of hydrogen-bond acceptors (Lipinski definition) is 5. The van der Waals surface area contributed by atoms with Crippen LogP contribution in [-0.4, -0.2) is 36.1 Å². The standard InChI is InChI=1S/C12H15N5/c13-7-10-15-4-1-11(16-10)17-8-12(9-17)2-5-14-6-3-12/h1,4,14H,2-3,5-6,8-9H2. The van der Waals surface area contributed by atoms with Gasteiger partial charge in [0.05, 0.1) is 0 Å². The van der Waals surface area contributed by atoms with Crippen molar-refractivity contribution in [1.29, 1.82) is 5.26 Å². The lowest BCUT2D eigenvalue weighted by Crippen LogP contribution is -2.60. The molecule has 0 saturated carbocycles. The summed E-state index contributed by atoms with van der Waals surface area (Å²) in [5.74, 6) is 1.15. The van der Waals surface area contributed by atoms with E-state index in [1.807, 2.05) is 12.1 Å². The largest absolute Gasteiger partial charge is 0.355 e. The SMILES string of the molecule is N#Cc1nccc(N2CC3(CCNCC3)C2)n1. The lowest BCUT2D eigenvalue weighted by molar-refractivity contribution is 0.149. The molecule has 2 fully saturated rings. The molecule has 5 nitrogen and oxygen atoms in total. The Morgan fingerprint density at radius 1 is 1.35 bits per heavy atom. The summed E-state index contributed by atoms with van der Waals surface area (Å²) in [6.07, 6.45) is 4.16. The lowest BCUT2D eigenvalue weighted by atomic mass is 9.72. The van der Waals surface area contributed by atoms with Crippen LogP contribution in [0.3, 0.4) is 0 Å². The molecule has 17 heavy (non-hydrogen) atoms. The Hall–Kier alpha value is -1.67. The van der Waals surface area contributed by atoms with E-state index in [9.17, 15) is 0 Å². The molecule has 0 unspecified atom stereocenters. The fraction of sp³-hybridized carbons (Fsp3) is 0.583. The Labute approximate surface area is 100 Å². The molecule has 0 aromatic carbocycles. The molecular weight excluding hydrogens is 214 g/mol. The molecule has 0 atom stereocenters. The van der Waals surface area contributed by atoms with Gasteiger partial charge in [0.25, 0.3) is 0 Å². The highest BCUT2D eigenvalue weighted by Crippen LogP contribution is 2.40. The Kier molecular flexibility index (Phi) is 2.45. The Morgan fingerprint density at radius 2 is 2.12 bits per heavy atom. The summed E-state index contributed by atoms with van der Waals surface area (Å²) in [5, 5.41) is 12.2. The van der Waals surface area contributed by atoms with Gasteiger partial charge in [0, 0.05) is 24.7 Å². The molecule has 0 amide bonds. The molecule has 2 aliphatic heterocycles. The van der Waals surface area contributed by atoms with Gasteiger partial charge in [-0.25, -0.2) is 9.97 Å². The van der Waals surface area contributed by atoms with Crippen LogP contribution < -0.4 is 10.2 Å². The number of nitriles is 1. The molecule has 0 aliphatic carbocycles. The fourth-order valence-electron chi connectivity index (χ4n) is 2.78. The summed E-state index contributed by atoms with van der Waals surface area (Å²) in [4.78, 5) is 10.4. The second-order valence-corrected chi connectivity index (χ2v) is 4.96. The molecule has 1 N–H and O–H groups in total. The molecule has 5 heteroatoms. The fourth-order valence-corrected chi connectivity index (χ4v) is 2.78. The van der Waals surface area contributed by atoms with Crippen LogP contribution >= 0.6 is 0 Å². The molecular formula is C12H15N5. The number of anilines is 1. The van der Waals surface area contributed by atoms with E-state index in [0.717, 1.165) is 32.0 Å². The second kappa shape index (κ2) is 3.97. The molecule has 0 bridgehead atoms. The van der Waals surface area contributed by atoms with E-state index in [1.165, 1.54) is 12.8 Å². The number of piperidine rings is 1. The number of nitrogens with zero attached hydrogens (tertiary/aromatic N) is 4. The minimum Gasteiger partial charge on any atom is -0.355 e. The van der Waals surface area contributed by atoms with Gasteiger partial charge in [-0.2, -0.15) is 5.26 Å². The maximum Gasteiger partial charge on any atom is 0.234 e.